The molecular formula is C25H33N3O3. The summed E-state index contributed by atoms with van der Waals surface area (Å²) in [6.07, 6.45) is 1.11. The molecule has 1 aliphatic heterocycles. The number of carbonyl (C=O) groups excluding carboxylic acids is 2. The molecule has 0 bridgehead atoms. The van der Waals surface area contributed by atoms with Crippen LogP contribution >= 0.6 is 0 Å². The fourth-order valence-electron chi connectivity index (χ4n) is 3.90. The zero-order chi connectivity index (χ0) is 22.4. The lowest BCUT2D eigenvalue weighted by molar-refractivity contribution is -0.133. The van der Waals surface area contributed by atoms with Crippen molar-refractivity contribution in [3.05, 3.63) is 71.3 Å². The molecule has 2 amide bonds. The van der Waals surface area contributed by atoms with Crippen LogP contribution in [-0.2, 0) is 29.0 Å². The highest BCUT2D eigenvalue weighted by molar-refractivity contribution is 5.90. The molecule has 31 heavy (non-hydrogen) atoms. The smallest absolute Gasteiger partial charge is 0.243 e. The summed E-state index contributed by atoms with van der Waals surface area (Å²) >= 11 is 0. The van der Waals surface area contributed by atoms with Crippen molar-refractivity contribution >= 4 is 11.8 Å². The summed E-state index contributed by atoms with van der Waals surface area (Å²) in [5, 5.41) is 18.9. The Kier molecular flexibility index (Phi) is 7.46. The normalized spacial score (nSPS) is 17.9. The second-order valence-electron chi connectivity index (χ2n) is 9.29. The van der Waals surface area contributed by atoms with E-state index >= 15 is 0 Å². The van der Waals surface area contributed by atoms with E-state index in [1.807, 2.05) is 69.3 Å². The Labute approximate surface area is 184 Å². The highest BCUT2D eigenvalue weighted by Gasteiger charge is 2.36. The Hall–Kier alpha value is -2.70. The van der Waals surface area contributed by atoms with Crippen molar-refractivity contribution in [3.63, 3.8) is 0 Å². The van der Waals surface area contributed by atoms with Crippen LogP contribution in [0.1, 0.15) is 37.5 Å². The summed E-state index contributed by atoms with van der Waals surface area (Å²) in [6.45, 7) is 6.22. The SMILES string of the molecule is CC(C)(C)[C@H](NC(=O)[C@@H]1Cc2ccccc2CN1)C(=O)N[C@H](CO)Cc1ccccc1. The minimum absolute atomic E-state index is 0.174. The van der Waals surface area contributed by atoms with E-state index in [4.69, 9.17) is 0 Å². The van der Waals surface area contributed by atoms with Gasteiger partial charge in [0.2, 0.25) is 11.8 Å². The first-order valence-corrected chi connectivity index (χ1v) is 10.8. The summed E-state index contributed by atoms with van der Waals surface area (Å²) in [5.74, 6) is -0.472. The quantitative estimate of drug-likeness (QED) is 0.548. The number of nitrogens with one attached hydrogen (secondary N) is 3. The molecule has 0 unspecified atom stereocenters. The summed E-state index contributed by atoms with van der Waals surface area (Å²) in [7, 11) is 0. The number of amides is 2. The number of hydrogen-bond acceptors (Lipinski definition) is 4. The van der Waals surface area contributed by atoms with Crippen molar-refractivity contribution < 1.29 is 14.7 Å². The number of carbonyl (C=O) groups is 2. The minimum atomic E-state index is -0.719. The highest BCUT2D eigenvalue weighted by atomic mass is 16.3. The van der Waals surface area contributed by atoms with Gasteiger partial charge in [0, 0.05) is 6.54 Å². The number of benzene rings is 2. The van der Waals surface area contributed by atoms with E-state index in [0.29, 0.717) is 19.4 Å². The molecule has 0 aromatic heterocycles. The maximum absolute atomic E-state index is 13.1. The van der Waals surface area contributed by atoms with Crippen LogP contribution in [0.3, 0.4) is 0 Å². The lowest BCUT2D eigenvalue weighted by atomic mass is 9.85. The van der Waals surface area contributed by atoms with Gasteiger partial charge in [0.25, 0.3) is 0 Å². The van der Waals surface area contributed by atoms with Crippen LogP contribution in [0.15, 0.2) is 54.6 Å². The van der Waals surface area contributed by atoms with Crippen LogP contribution in [0.4, 0.5) is 0 Å². The van der Waals surface area contributed by atoms with Gasteiger partial charge in [0.1, 0.15) is 6.04 Å². The summed E-state index contributed by atoms with van der Waals surface area (Å²) < 4.78 is 0. The third-order valence-corrected chi connectivity index (χ3v) is 5.70. The largest absolute Gasteiger partial charge is 0.394 e. The van der Waals surface area contributed by atoms with E-state index in [1.165, 1.54) is 5.56 Å². The third kappa shape index (κ3) is 6.15. The van der Waals surface area contributed by atoms with Gasteiger partial charge in [-0.2, -0.15) is 0 Å². The lowest BCUT2D eigenvalue weighted by Crippen LogP contribution is -2.59. The molecule has 3 rings (SSSR count). The Bertz CT molecular complexity index is 892. The molecule has 3 atom stereocenters. The van der Waals surface area contributed by atoms with Gasteiger partial charge in [-0.25, -0.2) is 0 Å². The van der Waals surface area contributed by atoms with Crippen LogP contribution < -0.4 is 16.0 Å². The highest BCUT2D eigenvalue weighted by Crippen LogP contribution is 2.21. The topological polar surface area (TPSA) is 90.5 Å². The van der Waals surface area contributed by atoms with Gasteiger partial charge in [-0.05, 0) is 34.9 Å². The lowest BCUT2D eigenvalue weighted by Gasteiger charge is -2.34. The molecule has 6 nitrogen and oxygen atoms in total. The first-order valence-electron chi connectivity index (χ1n) is 10.8. The Morgan fingerprint density at radius 2 is 1.68 bits per heavy atom. The average molecular weight is 424 g/mol. The molecule has 166 valence electrons. The van der Waals surface area contributed by atoms with E-state index in [-0.39, 0.29) is 24.5 Å². The fraction of sp³-hybridized carbons (Fsp3) is 0.440. The molecule has 0 fully saturated rings. The van der Waals surface area contributed by atoms with Crippen molar-refractivity contribution in [1.82, 2.24) is 16.0 Å². The number of fused-ring (bicyclic) bond motifs is 1. The molecule has 0 saturated heterocycles. The van der Waals surface area contributed by atoms with E-state index < -0.39 is 17.5 Å². The van der Waals surface area contributed by atoms with Gasteiger partial charge in [0.15, 0.2) is 0 Å². The van der Waals surface area contributed by atoms with Crippen molar-refractivity contribution in [3.8, 4) is 0 Å². The second kappa shape index (κ2) is 10.1. The number of rotatable bonds is 7. The van der Waals surface area contributed by atoms with E-state index in [1.54, 1.807) is 0 Å². The van der Waals surface area contributed by atoms with Crippen LogP contribution in [-0.4, -0.2) is 41.7 Å². The molecule has 1 aliphatic rings. The molecular weight excluding hydrogens is 390 g/mol. The minimum Gasteiger partial charge on any atom is -0.394 e. The predicted molar refractivity (Wildman–Crippen MR) is 121 cm³/mol. The molecule has 2 aromatic rings. The monoisotopic (exact) mass is 423 g/mol. The van der Waals surface area contributed by atoms with Gasteiger partial charge in [-0.3, -0.25) is 9.59 Å². The van der Waals surface area contributed by atoms with E-state index in [9.17, 15) is 14.7 Å². The second-order valence-corrected chi connectivity index (χ2v) is 9.29. The molecule has 6 heteroatoms. The molecule has 2 aromatic carbocycles. The van der Waals surface area contributed by atoms with E-state index in [2.05, 4.69) is 22.0 Å². The molecule has 0 aliphatic carbocycles. The van der Waals surface area contributed by atoms with Crippen LogP contribution in [0.2, 0.25) is 0 Å². The molecule has 0 radical (unpaired) electrons. The number of hydrogen-bond donors (Lipinski definition) is 4. The molecule has 1 heterocycles. The molecule has 4 N–H and O–H groups in total. The Morgan fingerprint density at radius 1 is 1.03 bits per heavy atom. The fourth-order valence-corrected chi connectivity index (χ4v) is 3.90. The Morgan fingerprint density at radius 3 is 2.32 bits per heavy atom. The number of aliphatic hydroxyl groups is 1. The van der Waals surface area contributed by atoms with Gasteiger partial charge in [-0.1, -0.05) is 75.4 Å². The summed E-state index contributed by atoms with van der Waals surface area (Å²) in [5.41, 5.74) is 2.90. The summed E-state index contributed by atoms with van der Waals surface area (Å²) in [6, 6.07) is 16.3. The van der Waals surface area contributed by atoms with Crippen LogP contribution in [0.25, 0.3) is 0 Å². The van der Waals surface area contributed by atoms with Crippen molar-refractivity contribution in [2.45, 2.75) is 58.3 Å². The third-order valence-electron chi connectivity index (χ3n) is 5.70. The Balaban J connectivity index is 1.65. The predicted octanol–water partition coefficient (Wildman–Crippen LogP) is 1.95. The standard InChI is InChI=1S/C25H33N3O3/c1-25(2,3)22(24(31)27-20(16-29)13-17-9-5-4-6-10-17)28-23(30)21-14-18-11-7-8-12-19(18)15-26-21/h4-12,20-22,26,29H,13-16H2,1-3H3,(H,27,31)(H,28,30)/t20-,21-,22+/m0/s1. The maximum atomic E-state index is 13.1. The summed E-state index contributed by atoms with van der Waals surface area (Å²) in [4.78, 5) is 26.1. The molecule has 0 spiro atoms. The van der Waals surface area contributed by atoms with Crippen LogP contribution in [0.5, 0.6) is 0 Å². The van der Waals surface area contributed by atoms with Crippen LogP contribution in [0, 0.1) is 5.41 Å². The van der Waals surface area contributed by atoms with Gasteiger partial charge >= 0.3 is 0 Å². The first kappa shape index (κ1) is 23.0. The molecule has 0 saturated carbocycles. The van der Waals surface area contributed by atoms with Gasteiger partial charge in [0.05, 0.1) is 18.7 Å². The average Bonchev–Trinajstić information content (AvgIpc) is 2.76. The first-order chi connectivity index (χ1) is 14.8. The zero-order valence-corrected chi connectivity index (χ0v) is 18.5. The van der Waals surface area contributed by atoms with Gasteiger partial charge in [-0.15, -0.1) is 0 Å². The number of aliphatic hydroxyl groups excluding tert-OH is 1. The zero-order valence-electron chi connectivity index (χ0n) is 18.5. The van der Waals surface area contributed by atoms with Crippen molar-refractivity contribution in [2.75, 3.05) is 6.61 Å². The van der Waals surface area contributed by atoms with Gasteiger partial charge < -0.3 is 21.1 Å². The van der Waals surface area contributed by atoms with Crippen molar-refractivity contribution in [2.24, 2.45) is 5.41 Å². The maximum Gasteiger partial charge on any atom is 0.243 e. The van der Waals surface area contributed by atoms with E-state index in [0.717, 1.165) is 11.1 Å². The van der Waals surface area contributed by atoms with Crippen molar-refractivity contribution in [1.29, 1.82) is 0 Å².